The lowest BCUT2D eigenvalue weighted by molar-refractivity contribution is 0.00704. The molecule has 6 nitrogen and oxygen atoms in total. The molecule has 0 aliphatic heterocycles. The van der Waals surface area contributed by atoms with Gasteiger partial charge in [0.05, 0.1) is 11.7 Å². The van der Waals surface area contributed by atoms with Gasteiger partial charge in [-0.25, -0.2) is 9.78 Å². The van der Waals surface area contributed by atoms with E-state index in [1.807, 2.05) is 74.7 Å². The number of hydrogen-bond donors (Lipinski definition) is 1. The number of aliphatic hydroxyl groups is 1. The van der Waals surface area contributed by atoms with E-state index in [1.54, 1.807) is 6.07 Å². The number of esters is 1. The summed E-state index contributed by atoms with van der Waals surface area (Å²) >= 11 is 0. The Bertz CT molecular complexity index is 1200. The fourth-order valence-corrected chi connectivity index (χ4v) is 4.08. The first kappa shape index (κ1) is 26.2. The maximum atomic E-state index is 12.8. The van der Waals surface area contributed by atoms with Gasteiger partial charge >= 0.3 is 5.97 Å². The molecule has 2 aromatic carbocycles. The maximum absolute atomic E-state index is 12.8. The van der Waals surface area contributed by atoms with Crippen LogP contribution in [-0.4, -0.2) is 26.2 Å². The number of nitriles is 1. The quantitative estimate of drug-likeness (QED) is 0.373. The highest BCUT2D eigenvalue weighted by atomic mass is 16.6. The van der Waals surface area contributed by atoms with E-state index in [-0.39, 0.29) is 5.97 Å². The summed E-state index contributed by atoms with van der Waals surface area (Å²) in [6.45, 7) is 10.1. The Balaban J connectivity index is 1.92. The van der Waals surface area contributed by atoms with Crippen molar-refractivity contribution in [2.45, 2.75) is 78.6 Å². The van der Waals surface area contributed by atoms with E-state index in [1.165, 1.54) is 0 Å². The lowest BCUT2D eigenvalue weighted by Crippen LogP contribution is -2.24. The normalized spacial score (nSPS) is 12.3. The zero-order valence-corrected chi connectivity index (χ0v) is 21.3. The smallest absolute Gasteiger partial charge is 0.339 e. The van der Waals surface area contributed by atoms with E-state index in [2.05, 4.69) is 18.0 Å². The predicted molar refractivity (Wildman–Crippen MR) is 137 cm³/mol. The third kappa shape index (κ3) is 6.37. The fraction of sp³-hybridized carbons (Fsp3) is 0.414. The Kier molecular flexibility index (Phi) is 8.48. The zero-order valence-electron chi connectivity index (χ0n) is 21.3. The van der Waals surface area contributed by atoms with E-state index in [9.17, 15) is 15.2 Å². The highest BCUT2D eigenvalue weighted by Crippen LogP contribution is 2.28. The first-order valence-corrected chi connectivity index (χ1v) is 12.3. The van der Waals surface area contributed by atoms with Crippen molar-refractivity contribution in [2.75, 3.05) is 0 Å². The van der Waals surface area contributed by atoms with Gasteiger partial charge in [-0.05, 0) is 56.4 Å². The van der Waals surface area contributed by atoms with E-state index in [4.69, 9.17) is 4.74 Å². The van der Waals surface area contributed by atoms with Gasteiger partial charge in [-0.3, -0.25) is 0 Å². The Morgan fingerprint density at radius 1 is 1.11 bits per heavy atom. The molecule has 184 valence electrons. The molecule has 0 saturated heterocycles. The minimum absolute atomic E-state index is 0.350. The molecule has 1 heterocycles. The first-order valence-electron chi connectivity index (χ1n) is 12.3. The minimum atomic E-state index is -0.738. The van der Waals surface area contributed by atoms with E-state index < -0.39 is 11.7 Å². The average Bonchev–Trinajstić information content (AvgIpc) is 3.16. The number of carbonyl (C=O) groups is 1. The summed E-state index contributed by atoms with van der Waals surface area (Å²) in [7, 11) is 0. The summed E-state index contributed by atoms with van der Waals surface area (Å²) in [5.41, 5.74) is 3.58. The molecule has 0 saturated carbocycles. The second-order valence-electron chi connectivity index (χ2n) is 9.76. The highest BCUT2D eigenvalue weighted by Gasteiger charge is 2.23. The summed E-state index contributed by atoms with van der Waals surface area (Å²) in [6, 6.07) is 17.7. The molecule has 3 aromatic rings. The van der Waals surface area contributed by atoms with Crippen molar-refractivity contribution >= 4 is 5.97 Å². The summed E-state index contributed by atoms with van der Waals surface area (Å²) in [5, 5.41) is 20.4. The molecule has 0 amide bonds. The van der Waals surface area contributed by atoms with Gasteiger partial charge in [-0.15, -0.1) is 0 Å². The van der Waals surface area contributed by atoms with Gasteiger partial charge in [0.1, 0.15) is 28.9 Å². The number of nitrogens with zero attached hydrogens (tertiary/aromatic N) is 3. The van der Waals surface area contributed by atoms with Gasteiger partial charge in [0, 0.05) is 13.0 Å². The number of aliphatic hydroxyl groups excluding tert-OH is 1. The molecule has 1 N–H and O–H groups in total. The lowest BCUT2D eigenvalue weighted by atomic mass is 9.98. The van der Waals surface area contributed by atoms with Crippen LogP contribution in [0.25, 0.3) is 11.1 Å². The first-order chi connectivity index (χ1) is 16.7. The number of aryl methyl sites for hydroxylation is 1. The van der Waals surface area contributed by atoms with Crippen molar-refractivity contribution in [1.82, 2.24) is 9.55 Å². The zero-order chi connectivity index (χ0) is 25.6. The second-order valence-corrected chi connectivity index (χ2v) is 9.76. The van der Waals surface area contributed by atoms with Crippen molar-refractivity contribution in [3.05, 3.63) is 76.9 Å². The molecule has 1 atom stereocenters. The Morgan fingerprint density at radius 3 is 2.40 bits per heavy atom. The third-order valence-corrected chi connectivity index (χ3v) is 5.68. The standard InChI is InChI=1S/C29H35N3O3/c1-6-10-25(33)27-24(18-30)32(26(31-27)11-7-2)19-20-14-16-21(17-15-20)22-12-8-9-13-23(22)28(34)35-29(3,4)5/h8-9,12-17,25,33H,6-7,10-11,19H2,1-5H3. The summed E-state index contributed by atoms with van der Waals surface area (Å²) in [4.78, 5) is 17.4. The third-order valence-electron chi connectivity index (χ3n) is 5.68. The minimum Gasteiger partial charge on any atom is -0.456 e. The number of aromatic nitrogens is 2. The van der Waals surface area contributed by atoms with Crippen LogP contribution in [0.1, 0.15) is 93.1 Å². The van der Waals surface area contributed by atoms with Crippen LogP contribution in [0.15, 0.2) is 48.5 Å². The molecule has 0 bridgehead atoms. The number of ether oxygens (including phenoxy) is 1. The van der Waals surface area contributed by atoms with Crippen molar-refractivity contribution < 1.29 is 14.6 Å². The lowest BCUT2D eigenvalue weighted by Gasteiger charge is -2.20. The van der Waals surface area contributed by atoms with Crippen LogP contribution in [0, 0.1) is 11.3 Å². The van der Waals surface area contributed by atoms with Crippen LogP contribution in [0.2, 0.25) is 0 Å². The van der Waals surface area contributed by atoms with Crippen LogP contribution in [0.3, 0.4) is 0 Å². The van der Waals surface area contributed by atoms with Crippen molar-refractivity contribution in [2.24, 2.45) is 0 Å². The molecule has 0 aliphatic carbocycles. The second kappa shape index (κ2) is 11.3. The topological polar surface area (TPSA) is 88.1 Å². The van der Waals surface area contributed by atoms with Crippen LogP contribution in [-0.2, 0) is 17.7 Å². The molecule has 1 unspecified atom stereocenters. The Hall–Kier alpha value is -3.43. The van der Waals surface area contributed by atoms with Crippen LogP contribution in [0.4, 0.5) is 0 Å². The van der Waals surface area contributed by atoms with Crippen molar-refractivity contribution in [1.29, 1.82) is 5.26 Å². The van der Waals surface area contributed by atoms with Gasteiger partial charge in [0.25, 0.3) is 0 Å². The number of benzene rings is 2. The monoisotopic (exact) mass is 473 g/mol. The molecule has 0 aliphatic rings. The van der Waals surface area contributed by atoms with E-state index in [0.717, 1.165) is 41.8 Å². The highest BCUT2D eigenvalue weighted by molar-refractivity contribution is 5.97. The number of carbonyl (C=O) groups excluding carboxylic acids is 1. The molecular formula is C29H35N3O3. The van der Waals surface area contributed by atoms with Gasteiger partial charge < -0.3 is 14.4 Å². The van der Waals surface area contributed by atoms with Crippen LogP contribution in [0.5, 0.6) is 0 Å². The van der Waals surface area contributed by atoms with Gasteiger partial charge in [-0.1, -0.05) is 62.7 Å². The SMILES string of the molecule is CCCc1nc(C(O)CCC)c(C#N)n1Cc1ccc(-c2ccccc2C(=O)OC(C)(C)C)cc1. The van der Waals surface area contributed by atoms with Gasteiger partial charge in [0.15, 0.2) is 0 Å². The van der Waals surface area contributed by atoms with E-state index in [0.29, 0.717) is 29.9 Å². The molecular weight excluding hydrogens is 438 g/mol. The number of hydrogen-bond acceptors (Lipinski definition) is 5. The van der Waals surface area contributed by atoms with Gasteiger partial charge in [0.2, 0.25) is 0 Å². The summed E-state index contributed by atoms with van der Waals surface area (Å²) in [6.07, 6.45) is 2.27. The summed E-state index contributed by atoms with van der Waals surface area (Å²) in [5.74, 6) is 0.463. The molecule has 6 heteroatoms. The van der Waals surface area contributed by atoms with Crippen molar-refractivity contribution in [3.8, 4) is 17.2 Å². The molecule has 1 aromatic heterocycles. The van der Waals surface area contributed by atoms with E-state index >= 15 is 0 Å². The molecule has 0 spiro atoms. The van der Waals surface area contributed by atoms with Crippen molar-refractivity contribution in [3.63, 3.8) is 0 Å². The molecule has 35 heavy (non-hydrogen) atoms. The summed E-state index contributed by atoms with van der Waals surface area (Å²) < 4.78 is 7.51. The van der Waals surface area contributed by atoms with Gasteiger partial charge in [-0.2, -0.15) is 5.26 Å². The molecule has 0 radical (unpaired) electrons. The largest absolute Gasteiger partial charge is 0.456 e. The number of rotatable bonds is 9. The average molecular weight is 474 g/mol. The Morgan fingerprint density at radius 2 is 1.80 bits per heavy atom. The number of imidazole rings is 1. The predicted octanol–water partition coefficient (Wildman–Crippen LogP) is 6.21. The van der Waals surface area contributed by atoms with Crippen LogP contribution >= 0.6 is 0 Å². The fourth-order valence-electron chi connectivity index (χ4n) is 4.08. The maximum Gasteiger partial charge on any atom is 0.339 e. The molecule has 3 rings (SSSR count). The van der Waals surface area contributed by atoms with Crippen LogP contribution < -0.4 is 0 Å². The Labute approximate surface area is 208 Å². The molecule has 0 fully saturated rings.